The molecule has 1 aromatic carbocycles. The van der Waals surface area contributed by atoms with Crippen LogP contribution in [-0.2, 0) is 10.2 Å². The van der Waals surface area contributed by atoms with Crippen LogP contribution >= 0.6 is 0 Å². The third kappa shape index (κ3) is 1.84. The molecule has 2 nitrogen and oxygen atoms in total. The molecule has 0 saturated heterocycles. The van der Waals surface area contributed by atoms with Gasteiger partial charge in [0.2, 0.25) is 5.91 Å². The van der Waals surface area contributed by atoms with E-state index in [1.807, 2.05) is 6.07 Å². The van der Waals surface area contributed by atoms with Crippen molar-refractivity contribution in [3.05, 3.63) is 35.6 Å². The second-order valence-electron chi connectivity index (χ2n) is 5.19. The minimum absolute atomic E-state index is 0.0906. The summed E-state index contributed by atoms with van der Waals surface area (Å²) in [5, 5.41) is 3.08. The van der Waals surface area contributed by atoms with Crippen LogP contribution in [0.15, 0.2) is 24.3 Å². The molecule has 0 spiro atoms. The highest BCUT2D eigenvalue weighted by atomic mass is 19.1. The van der Waals surface area contributed by atoms with Crippen LogP contribution in [0.5, 0.6) is 0 Å². The normalized spacial score (nSPS) is 21.7. The lowest BCUT2D eigenvalue weighted by Gasteiger charge is -2.28. The molecule has 2 aliphatic carbocycles. The fourth-order valence-electron chi connectivity index (χ4n) is 2.43. The number of hydrogen-bond acceptors (Lipinski definition) is 1. The standard InChI is InChI=1S/C14H16FNO/c15-11-4-1-3-10(9-11)14(7-8-14)13(17)16-12-5-2-6-12/h1,3-4,9,12H,2,5-8H2,(H,16,17). The molecular weight excluding hydrogens is 217 g/mol. The van der Waals surface area contributed by atoms with Gasteiger partial charge in [0.25, 0.3) is 0 Å². The molecule has 2 fully saturated rings. The summed E-state index contributed by atoms with van der Waals surface area (Å²) in [6.07, 6.45) is 5.07. The lowest BCUT2D eigenvalue weighted by molar-refractivity contribution is -0.124. The molecule has 17 heavy (non-hydrogen) atoms. The van der Waals surface area contributed by atoms with E-state index in [-0.39, 0.29) is 11.7 Å². The summed E-state index contributed by atoms with van der Waals surface area (Å²) in [5.41, 5.74) is 0.395. The monoisotopic (exact) mass is 233 g/mol. The van der Waals surface area contributed by atoms with Crippen molar-refractivity contribution in [1.29, 1.82) is 0 Å². The van der Waals surface area contributed by atoms with Crippen LogP contribution < -0.4 is 5.32 Å². The van der Waals surface area contributed by atoms with E-state index < -0.39 is 5.41 Å². The summed E-state index contributed by atoms with van der Waals surface area (Å²) in [7, 11) is 0. The Labute approximate surface area is 100 Å². The Morgan fingerprint density at radius 3 is 2.65 bits per heavy atom. The Morgan fingerprint density at radius 2 is 2.12 bits per heavy atom. The first-order valence-electron chi connectivity index (χ1n) is 6.28. The van der Waals surface area contributed by atoms with Gasteiger partial charge in [0.05, 0.1) is 5.41 Å². The van der Waals surface area contributed by atoms with Crippen molar-refractivity contribution in [2.24, 2.45) is 0 Å². The Balaban J connectivity index is 1.78. The first kappa shape index (κ1) is 10.8. The number of rotatable bonds is 3. The maximum atomic E-state index is 13.2. The summed E-state index contributed by atoms with van der Waals surface area (Å²) < 4.78 is 13.2. The Morgan fingerprint density at radius 1 is 1.35 bits per heavy atom. The summed E-state index contributed by atoms with van der Waals surface area (Å²) in [6, 6.07) is 6.81. The Bertz CT molecular complexity index is 449. The fourth-order valence-corrected chi connectivity index (χ4v) is 2.43. The van der Waals surface area contributed by atoms with E-state index in [1.165, 1.54) is 18.6 Å². The third-order valence-electron chi connectivity index (χ3n) is 4.00. The molecule has 1 amide bonds. The minimum Gasteiger partial charge on any atom is -0.353 e. The average molecular weight is 233 g/mol. The largest absolute Gasteiger partial charge is 0.353 e. The molecule has 0 bridgehead atoms. The quantitative estimate of drug-likeness (QED) is 0.854. The summed E-state index contributed by atoms with van der Waals surface area (Å²) >= 11 is 0. The number of halogens is 1. The molecular formula is C14H16FNO. The lowest BCUT2D eigenvalue weighted by Crippen LogP contribution is -2.44. The number of hydrogen-bond donors (Lipinski definition) is 1. The van der Waals surface area contributed by atoms with Crippen LogP contribution in [0, 0.1) is 5.82 Å². The van der Waals surface area contributed by atoms with Gasteiger partial charge in [-0.3, -0.25) is 4.79 Å². The molecule has 0 atom stereocenters. The summed E-state index contributed by atoms with van der Waals surface area (Å²) in [5.74, 6) is -0.169. The van der Waals surface area contributed by atoms with Gasteiger partial charge in [-0.2, -0.15) is 0 Å². The van der Waals surface area contributed by atoms with E-state index in [1.54, 1.807) is 6.07 Å². The molecule has 3 heteroatoms. The molecule has 90 valence electrons. The minimum atomic E-state index is -0.433. The topological polar surface area (TPSA) is 29.1 Å². The fraction of sp³-hybridized carbons (Fsp3) is 0.500. The Hall–Kier alpha value is -1.38. The van der Waals surface area contributed by atoms with Crippen molar-refractivity contribution in [3.63, 3.8) is 0 Å². The lowest BCUT2D eigenvalue weighted by atomic mass is 9.90. The molecule has 0 heterocycles. The number of carbonyl (C=O) groups excluding carboxylic acids is 1. The highest BCUT2D eigenvalue weighted by molar-refractivity contribution is 5.91. The van der Waals surface area contributed by atoms with Gasteiger partial charge < -0.3 is 5.32 Å². The molecule has 0 aromatic heterocycles. The van der Waals surface area contributed by atoms with E-state index in [4.69, 9.17) is 0 Å². The smallest absolute Gasteiger partial charge is 0.230 e. The second kappa shape index (κ2) is 3.83. The van der Waals surface area contributed by atoms with Crippen LogP contribution in [0.1, 0.15) is 37.7 Å². The van der Waals surface area contributed by atoms with Gasteiger partial charge in [0.1, 0.15) is 5.82 Å². The maximum absolute atomic E-state index is 13.2. The zero-order valence-corrected chi connectivity index (χ0v) is 9.71. The SMILES string of the molecule is O=C(NC1CCC1)C1(c2cccc(F)c2)CC1. The average Bonchev–Trinajstić information content (AvgIpc) is 3.04. The highest BCUT2D eigenvalue weighted by Crippen LogP contribution is 2.48. The van der Waals surface area contributed by atoms with E-state index in [2.05, 4.69) is 5.32 Å². The van der Waals surface area contributed by atoms with Crippen LogP contribution in [-0.4, -0.2) is 11.9 Å². The highest BCUT2D eigenvalue weighted by Gasteiger charge is 2.51. The molecule has 2 saturated carbocycles. The number of amides is 1. The first-order valence-corrected chi connectivity index (χ1v) is 6.28. The van der Waals surface area contributed by atoms with Crippen molar-refractivity contribution >= 4 is 5.91 Å². The predicted molar refractivity (Wildman–Crippen MR) is 63.1 cm³/mol. The predicted octanol–water partition coefficient (Wildman–Crippen LogP) is 2.53. The summed E-state index contributed by atoms with van der Waals surface area (Å²) in [6.45, 7) is 0. The first-order chi connectivity index (χ1) is 8.21. The van der Waals surface area contributed by atoms with Gasteiger partial charge >= 0.3 is 0 Å². The molecule has 2 aliphatic rings. The van der Waals surface area contributed by atoms with Crippen molar-refractivity contribution < 1.29 is 9.18 Å². The molecule has 0 radical (unpaired) electrons. The molecule has 1 aromatic rings. The molecule has 0 aliphatic heterocycles. The molecule has 0 unspecified atom stereocenters. The zero-order chi connectivity index (χ0) is 11.9. The van der Waals surface area contributed by atoms with Crippen LogP contribution in [0.25, 0.3) is 0 Å². The van der Waals surface area contributed by atoms with Crippen molar-refractivity contribution in [2.75, 3.05) is 0 Å². The number of nitrogens with one attached hydrogen (secondary N) is 1. The van der Waals surface area contributed by atoms with Gasteiger partial charge in [-0.15, -0.1) is 0 Å². The van der Waals surface area contributed by atoms with Gasteiger partial charge in [0.15, 0.2) is 0 Å². The van der Waals surface area contributed by atoms with Gasteiger partial charge in [-0.25, -0.2) is 4.39 Å². The van der Waals surface area contributed by atoms with E-state index in [9.17, 15) is 9.18 Å². The van der Waals surface area contributed by atoms with Gasteiger partial charge in [0, 0.05) is 6.04 Å². The second-order valence-corrected chi connectivity index (χ2v) is 5.19. The van der Waals surface area contributed by atoms with Crippen molar-refractivity contribution in [1.82, 2.24) is 5.32 Å². The molecule has 1 N–H and O–H groups in total. The maximum Gasteiger partial charge on any atom is 0.230 e. The van der Waals surface area contributed by atoms with Crippen LogP contribution in [0.3, 0.4) is 0 Å². The third-order valence-corrected chi connectivity index (χ3v) is 4.00. The Kier molecular flexibility index (Phi) is 2.42. The van der Waals surface area contributed by atoms with E-state index in [0.29, 0.717) is 6.04 Å². The van der Waals surface area contributed by atoms with E-state index in [0.717, 1.165) is 31.2 Å². The van der Waals surface area contributed by atoms with E-state index >= 15 is 0 Å². The summed E-state index contributed by atoms with van der Waals surface area (Å²) in [4.78, 5) is 12.2. The van der Waals surface area contributed by atoms with Crippen molar-refractivity contribution in [3.8, 4) is 0 Å². The molecule has 3 rings (SSSR count). The van der Waals surface area contributed by atoms with Gasteiger partial charge in [-0.05, 0) is 49.8 Å². The van der Waals surface area contributed by atoms with Crippen LogP contribution in [0.2, 0.25) is 0 Å². The van der Waals surface area contributed by atoms with Crippen molar-refractivity contribution in [2.45, 2.75) is 43.6 Å². The van der Waals surface area contributed by atoms with Gasteiger partial charge in [-0.1, -0.05) is 12.1 Å². The van der Waals surface area contributed by atoms with Crippen LogP contribution in [0.4, 0.5) is 4.39 Å². The number of benzene rings is 1. The zero-order valence-electron chi connectivity index (χ0n) is 9.71. The number of carbonyl (C=O) groups is 1.